The highest BCUT2D eigenvalue weighted by Crippen LogP contribution is 2.27. The van der Waals surface area contributed by atoms with Crippen LogP contribution in [0.3, 0.4) is 0 Å². The van der Waals surface area contributed by atoms with Crippen LogP contribution in [0.4, 0.5) is 16.6 Å². The molecule has 10 heteroatoms. The van der Waals surface area contributed by atoms with Crippen LogP contribution in [0.25, 0.3) is 10.9 Å². The number of carbonyl (C=O) groups excluding carboxylic acids is 1. The van der Waals surface area contributed by atoms with Gasteiger partial charge in [0.05, 0.1) is 23.7 Å². The average Bonchev–Trinajstić information content (AvgIpc) is 3.41. The van der Waals surface area contributed by atoms with Gasteiger partial charge in [0, 0.05) is 49.9 Å². The van der Waals surface area contributed by atoms with Crippen molar-refractivity contribution in [2.24, 2.45) is 0 Å². The molecule has 1 saturated heterocycles. The van der Waals surface area contributed by atoms with Crippen LogP contribution >= 0.6 is 11.6 Å². The van der Waals surface area contributed by atoms with Gasteiger partial charge in [-0.3, -0.25) is 0 Å². The number of nitrogens with one attached hydrogen (secondary N) is 2. The Balaban J connectivity index is 1.17. The number of aromatic nitrogens is 3. The van der Waals surface area contributed by atoms with E-state index in [-0.39, 0.29) is 6.10 Å². The van der Waals surface area contributed by atoms with Crippen LogP contribution in [0.2, 0.25) is 5.02 Å². The summed E-state index contributed by atoms with van der Waals surface area (Å²) in [6, 6.07) is 13.1. The first-order valence-corrected chi connectivity index (χ1v) is 11.8. The largest absolute Gasteiger partial charge is 0.467 e. The molecule has 4 heterocycles. The molecule has 0 aliphatic carbocycles. The lowest BCUT2D eigenvalue weighted by Gasteiger charge is -2.32. The lowest BCUT2D eigenvalue weighted by molar-refractivity contribution is 0.0823. The van der Waals surface area contributed by atoms with Crippen molar-refractivity contribution in [3.05, 3.63) is 77.5 Å². The average molecular weight is 493 g/mol. The van der Waals surface area contributed by atoms with E-state index in [9.17, 15) is 4.79 Å². The fourth-order valence-electron chi connectivity index (χ4n) is 4.01. The molecule has 0 bridgehead atoms. The Kier molecular flexibility index (Phi) is 6.94. The molecule has 35 heavy (non-hydrogen) atoms. The molecule has 0 unspecified atom stereocenters. The van der Waals surface area contributed by atoms with Gasteiger partial charge in [0.15, 0.2) is 0 Å². The van der Waals surface area contributed by atoms with Crippen molar-refractivity contribution in [1.29, 1.82) is 0 Å². The number of ether oxygens (including phenoxy) is 1. The molecule has 1 amide bonds. The highest BCUT2D eigenvalue weighted by Gasteiger charge is 2.24. The SMILES string of the molecule is O=C(NCc1ccco1)OC1CCN(c2nccc3nc(NCc4ccc(Cl)cc4)ncc23)CC1. The number of pyridine rings is 1. The molecule has 5 rings (SSSR count). The number of carbonyl (C=O) groups is 1. The summed E-state index contributed by atoms with van der Waals surface area (Å²) in [5.41, 5.74) is 1.91. The van der Waals surface area contributed by atoms with Crippen LogP contribution in [-0.2, 0) is 17.8 Å². The Morgan fingerprint density at radius 1 is 1.11 bits per heavy atom. The van der Waals surface area contributed by atoms with E-state index in [0.717, 1.165) is 35.4 Å². The highest BCUT2D eigenvalue weighted by atomic mass is 35.5. The zero-order valence-electron chi connectivity index (χ0n) is 19.0. The van der Waals surface area contributed by atoms with E-state index in [0.29, 0.717) is 42.7 Å². The summed E-state index contributed by atoms with van der Waals surface area (Å²) in [4.78, 5) is 28.0. The topological polar surface area (TPSA) is 105 Å². The Hall–Kier alpha value is -3.85. The van der Waals surface area contributed by atoms with Crippen LogP contribution < -0.4 is 15.5 Å². The number of furan rings is 1. The Bertz CT molecular complexity index is 1270. The van der Waals surface area contributed by atoms with E-state index in [4.69, 9.17) is 20.8 Å². The van der Waals surface area contributed by atoms with Crippen LogP contribution in [0.5, 0.6) is 0 Å². The molecule has 4 aromatic rings. The summed E-state index contributed by atoms with van der Waals surface area (Å²) in [6.07, 6.45) is 6.00. The first-order valence-electron chi connectivity index (χ1n) is 11.5. The highest BCUT2D eigenvalue weighted by molar-refractivity contribution is 6.30. The van der Waals surface area contributed by atoms with Crippen molar-refractivity contribution < 1.29 is 13.9 Å². The van der Waals surface area contributed by atoms with Crippen molar-refractivity contribution >= 4 is 40.4 Å². The minimum Gasteiger partial charge on any atom is -0.467 e. The van der Waals surface area contributed by atoms with Gasteiger partial charge < -0.3 is 24.7 Å². The fourth-order valence-corrected chi connectivity index (χ4v) is 4.14. The number of rotatable bonds is 7. The molecule has 1 aliphatic rings. The third kappa shape index (κ3) is 5.81. The van der Waals surface area contributed by atoms with E-state index in [2.05, 4.69) is 30.5 Å². The predicted octanol–water partition coefficient (Wildman–Crippen LogP) is 4.78. The summed E-state index contributed by atoms with van der Waals surface area (Å²) < 4.78 is 10.8. The number of halogens is 1. The lowest BCUT2D eigenvalue weighted by Crippen LogP contribution is -2.40. The minimum atomic E-state index is -0.435. The molecule has 1 fully saturated rings. The molecule has 180 valence electrons. The lowest BCUT2D eigenvalue weighted by atomic mass is 10.1. The van der Waals surface area contributed by atoms with E-state index in [1.165, 1.54) is 0 Å². The first-order chi connectivity index (χ1) is 17.1. The molecule has 9 nitrogen and oxygen atoms in total. The second kappa shape index (κ2) is 10.6. The molecular weight excluding hydrogens is 468 g/mol. The number of alkyl carbamates (subject to hydrolysis) is 1. The van der Waals surface area contributed by atoms with Crippen molar-refractivity contribution in [3.63, 3.8) is 0 Å². The molecule has 2 N–H and O–H groups in total. The fraction of sp³-hybridized carbons (Fsp3) is 0.280. The third-order valence-corrected chi connectivity index (χ3v) is 6.11. The summed E-state index contributed by atoms with van der Waals surface area (Å²) in [5, 5.41) is 7.57. The summed E-state index contributed by atoms with van der Waals surface area (Å²) in [7, 11) is 0. The smallest absolute Gasteiger partial charge is 0.407 e. The van der Waals surface area contributed by atoms with Crippen LogP contribution in [0.1, 0.15) is 24.2 Å². The predicted molar refractivity (Wildman–Crippen MR) is 133 cm³/mol. The van der Waals surface area contributed by atoms with Crippen molar-refractivity contribution in [1.82, 2.24) is 20.3 Å². The number of fused-ring (bicyclic) bond motifs is 1. The molecule has 0 radical (unpaired) electrons. The minimum absolute atomic E-state index is 0.141. The number of hydrogen-bond acceptors (Lipinski definition) is 8. The van der Waals surface area contributed by atoms with Crippen LogP contribution in [0.15, 0.2) is 65.5 Å². The first kappa shape index (κ1) is 22.9. The zero-order chi connectivity index (χ0) is 24.0. The maximum Gasteiger partial charge on any atom is 0.407 e. The van der Waals surface area contributed by atoms with Gasteiger partial charge in [0.1, 0.15) is 17.7 Å². The van der Waals surface area contributed by atoms with E-state index in [1.54, 1.807) is 30.8 Å². The van der Waals surface area contributed by atoms with Gasteiger partial charge in [0.25, 0.3) is 0 Å². The van der Waals surface area contributed by atoms with Gasteiger partial charge in [-0.15, -0.1) is 0 Å². The monoisotopic (exact) mass is 492 g/mol. The molecule has 1 aliphatic heterocycles. The molecular formula is C25H25ClN6O3. The van der Waals surface area contributed by atoms with E-state index >= 15 is 0 Å². The number of benzene rings is 1. The maximum atomic E-state index is 12.1. The summed E-state index contributed by atoms with van der Waals surface area (Å²) >= 11 is 5.95. The number of anilines is 2. The van der Waals surface area contributed by atoms with Crippen molar-refractivity contribution in [2.75, 3.05) is 23.3 Å². The normalized spacial score (nSPS) is 14.1. The zero-order valence-corrected chi connectivity index (χ0v) is 19.7. The van der Waals surface area contributed by atoms with Crippen LogP contribution in [-0.4, -0.2) is 40.2 Å². The number of amides is 1. The second-order valence-corrected chi connectivity index (χ2v) is 8.70. The Morgan fingerprint density at radius 2 is 1.94 bits per heavy atom. The quantitative estimate of drug-likeness (QED) is 0.380. The van der Waals surface area contributed by atoms with Crippen molar-refractivity contribution in [2.45, 2.75) is 32.0 Å². The van der Waals surface area contributed by atoms with Gasteiger partial charge in [-0.2, -0.15) is 0 Å². The summed E-state index contributed by atoms with van der Waals surface area (Å²) in [6.45, 7) is 2.35. The number of hydrogen-bond donors (Lipinski definition) is 2. The van der Waals surface area contributed by atoms with Gasteiger partial charge in [-0.05, 0) is 35.9 Å². The maximum absolute atomic E-state index is 12.1. The number of nitrogens with zero attached hydrogens (tertiary/aromatic N) is 4. The van der Waals surface area contributed by atoms with Gasteiger partial charge in [-0.25, -0.2) is 19.7 Å². The third-order valence-electron chi connectivity index (χ3n) is 5.85. The molecule has 0 atom stereocenters. The molecule has 1 aromatic carbocycles. The second-order valence-electron chi connectivity index (χ2n) is 8.27. The summed E-state index contributed by atoms with van der Waals surface area (Å²) in [5.74, 6) is 2.08. The van der Waals surface area contributed by atoms with Crippen molar-refractivity contribution in [3.8, 4) is 0 Å². The molecule has 0 saturated carbocycles. The van der Waals surface area contributed by atoms with Gasteiger partial charge >= 0.3 is 6.09 Å². The van der Waals surface area contributed by atoms with Gasteiger partial charge in [0.2, 0.25) is 5.95 Å². The number of piperidine rings is 1. The van der Waals surface area contributed by atoms with Crippen LogP contribution in [0, 0.1) is 0 Å². The van der Waals surface area contributed by atoms with E-state index in [1.807, 2.05) is 30.3 Å². The molecule has 3 aromatic heterocycles. The van der Waals surface area contributed by atoms with E-state index < -0.39 is 6.09 Å². The van der Waals surface area contributed by atoms with Gasteiger partial charge in [-0.1, -0.05) is 23.7 Å². The molecule has 0 spiro atoms. The Morgan fingerprint density at radius 3 is 2.71 bits per heavy atom. The Labute approximate surface area is 207 Å². The standard InChI is InChI=1S/C25H25ClN6O3/c26-18-5-3-17(4-6-18)14-28-24-29-16-21-22(31-24)7-10-27-23(21)32-11-8-19(9-12-32)35-25(33)30-15-20-2-1-13-34-20/h1-7,10,13,16,19H,8-9,11-12,14-15H2,(H,30,33)(H,28,29,31).